The number of imide groups is 1. The van der Waals surface area contributed by atoms with Crippen molar-refractivity contribution in [1.82, 2.24) is 5.06 Å². The van der Waals surface area contributed by atoms with E-state index in [1.807, 2.05) is 0 Å². The highest BCUT2D eigenvalue weighted by Gasteiger charge is 2.38. The molecule has 22 heavy (non-hydrogen) atoms. The van der Waals surface area contributed by atoms with E-state index in [9.17, 15) is 14.4 Å². The Bertz CT molecular complexity index is 752. The van der Waals surface area contributed by atoms with Crippen LogP contribution >= 0.6 is 11.6 Å². The Kier molecular flexibility index (Phi) is 3.65. The Hall–Kier alpha value is -2.66. The van der Waals surface area contributed by atoms with E-state index in [4.69, 9.17) is 16.4 Å². The molecule has 0 atom stereocenters. The van der Waals surface area contributed by atoms with Crippen molar-refractivity contribution >= 4 is 29.4 Å². The number of carbonyl (C=O) groups is 3. The SMILES string of the molecule is O=C(Cc1ccccc1Cl)ON1C(=O)c2ccccc2C1=O. The molecule has 6 heteroatoms. The van der Waals surface area contributed by atoms with Gasteiger partial charge in [0.05, 0.1) is 17.5 Å². The molecule has 2 aromatic carbocycles. The summed E-state index contributed by atoms with van der Waals surface area (Å²) in [7, 11) is 0. The number of amides is 2. The van der Waals surface area contributed by atoms with Crippen LogP contribution in [0.3, 0.4) is 0 Å². The van der Waals surface area contributed by atoms with Gasteiger partial charge in [-0.3, -0.25) is 9.59 Å². The first-order chi connectivity index (χ1) is 10.6. The number of halogens is 1. The molecule has 0 aromatic heterocycles. The number of rotatable bonds is 3. The summed E-state index contributed by atoms with van der Waals surface area (Å²) in [6.45, 7) is 0. The number of benzene rings is 2. The molecule has 1 aliphatic heterocycles. The van der Waals surface area contributed by atoms with Crippen molar-refractivity contribution in [3.8, 4) is 0 Å². The molecule has 0 radical (unpaired) electrons. The van der Waals surface area contributed by atoms with Crippen LogP contribution in [0.4, 0.5) is 0 Å². The zero-order chi connectivity index (χ0) is 15.7. The van der Waals surface area contributed by atoms with Crippen LogP contribution in [0.5, 0.6) is 0 Å². The van der Waals surface area contributed by atoms with Crippen molar-refractivity contribution in [3.63, 3.8) is 0 Å². The maximum atomic E-state index is 12.1. The predicted molar refractivity (Wildman–Crippen MR) is 78.2 cm³/mol. The van der Waals surface area contributed by atoms with Gasteiger partial charge in [0.2, 0.25) is 0 Å². The standard InChI is InChI=1S/C16H10ClNO4/c17-13-8-4-1-5-10(13)9-14(19)22-18-15(20)11-6-2-3-7-12(11)16(18)21/h1-8H,9H2. The van der Waals surface area contributed by atoms with Crippen LogP contribution in [0, 0.1) is 0 Å². The highest BCUT2D eigenvalue weighted by atomic mass is 35.5. The molecule has 0 saturated heterocycles. The van der Waals surface area contributed by atoms with Gasteiger partial charge in [-0.05, 0) is 23.8 Å². The maximum Gasteiger partial charge on any atom is 0.337 e. The molecule has 0 N–H and O–H groups in total. The Labute approximate surface area is 131 Å². The predicted octanol–water partition coefficient (Wildman–Crippen LogP) is 2.64. The molecule has 2 amide bonds. The molecule has 110 valence electrons. The second kappa shape index (κ2) is 5.61. The van der Waals surface area contributed by atoms with Crippen LogP contribution in [0.1, 0.15) is 26.3 Å². The molecule has 0 spiro atoms. The van der Waals surface area contributed by atoms with Crippen molar-refractivity contribution in [2.45, 2.75) is 6.42 Å². The first kappa shape index (κ1) is 14.3. The van der Waals surface area contributed by atoms with Gasteiger partial charge < -0.3 is 4.84 Å². The molecular formula is C16H10ClNO4. The van der Waals surface area contributed by atoms with Crippen LogP contribution in [0.2, 0.25) is 5.02 Å². The normalized spacial score (nSPS) is 13.2. The fourth-order valence-electron chi connectivity index (χ4n) is 2.18. The van der Waals surface area contributed by atoms with Gasteiger partial charge in [-0.1, -0.05) is 47.0 Å². The second-order valence-corrected chi connectivity index (χ2v) is 5.09. The van der Waals surface area contributed by atoms with Crippen LogP contribution in [0.15, 0.2) is 48.5 Å². The third kappa shape index (κ3) is 2.46. The first-order valence-electron chi connectivity index (χ1n) is 6.50. The molecule has 2 aromatic rings. The summed E-state index contributed by atoms with van der Waals surface area (Å²) >= 11 is 5.96. The van der Waals surface area contributed by atoms with Crippen LogP contribution in [-0.2, 0) is 16.1 Å². The van der Waals surface area contributed by atoms with Crippen molar-refractivity contribution in [2.24, 2.45) is 0 Å². The van der Waals surface area contributed by atoms with E-state index < -0.39 is 17.8 Å². The van der Waals surface area contributed by atoms with E-state index in [0.29, 0.717) is 15.6 Å². The lowest BCUT2D eigenvalue weighted by molar-refractivity contribution is -0.167. The summed E-state index contributed by atoms with van der Waals surface area (Å²) < 4.78 is 0. The van der Waals surface area contributed by atoms with Crippen molar-refractivity contribution < 1.29 is 19.2 Å². The third-order valence-corrected chi connectivity index (χ3v) is 3.61. The van der Waals surface area contributed by atoms with Crippen LogP contribution in [0.25, 0.3) is 0 Å². The van der Waals surface area contributed by atoms with Gasteiger partial charge in [-0.15, -0.1) is 0 Å². The maximum absolute atomic E-state index is 12.1. The minimum Gasteiger partial charge on any atom is -0.329 e. The average molecular weight is 316 g/mol. The molecule has 3 rings (SSSR count). The molecule has 5 nitrogen and oxygen atoms in total. The Morgan fingerprint density at radius 2 is 1.50 bits per heavy atom. The monoisotopic (exact) mass is 315 g/mol. The Morgan fingerprint density at radius 1 is 0.955 bits per heavy atom. The fourth-order valence-corrected chi connectivity index (χ4v) is 2.38. The van der Waals surface area contributed by atoms with Crippen molar-refractivity contribution in [2.75, 3.05) is 0 Å². The Morgan fingerprint density at radius 3 is 2.09 bits per heavy atom. The van der Waals surface area contributed by atoms with Crippen LogP contribution in [-0.4, -0.2) is 22.8 Å². The van der Waals surface area contributed by atoms with Gasteiger partial charge in [-0.2, -0.15) is 0 Å². The summed E-state index contributed by atoms with van der Waals surface area (Å²) in [6, 6.07) is 13.1. The molecule has 0 unspecified atom stereocenters. The van der Waals surface area contributed by atoms with Gasteiger partial charge in [0.25, 0.3) is 11.8 Å². The lowest BCUT2D eigenvalue weighted by Gasteiger charge is -2.13. The molecule has 1 heterocycles. The number of hydroxylamine groups is 2. The van der Waals surface area contributed by atoms with Gasteiger partial charge >= 0.3 is 5.97 Å². The summed E-state index contributed by atoms with van der Waals surface area (Å²) in [5.41, 5.74) is 1.00. The number of nitrogens with zero attached hydrogens (tertiary/aromatic N) is 1. The highest BCUT2D eigenvalue weighted by Crippen LogP contribution is 2.23. The highest BCUT2D eigenvalue weighted by molar-refractivity contribution is 6.31. The number of carbonyl (C=O) groups excluding carboxylic acids is 3. The lowest BCUT2D eigenvalue weighted by Crippen LogP contribution is -2.33. The lowest BCUT2D eigenvalue weighted by atomic mass is 10.1. The van der Waals surface area contributed by atoms with Gasteiger partial charge in [0.15, 0.2) is 0 Å². The van der Waals surface area contributed by atoms with E-state index >= 15 is 0 Å². The van der Waals surface area contributed by atoms with Crippen molar-refractivity contribution in [1.29, 1.82) is 0 Å². The molecule has 1 aliphatic rings. The molecule has 0 fully saturated rings. The number of hydrogen-bond acceptors (Lipinski definition) is 4. The number of hydrogen-bond donors (Lipinski definition) is 0. The first-order valence-corrected chi connectivity index (χ1v) is 6.88. The zero-order valence-electron chi connectivity index (χ0n) is 11.3. The molecule has 0 saturated carbocycles. The smallest absolute Gasteiger partial charge is 0.329 e. The topological polar surface area (TPSA) is 63.7 Å². The molecular weight excluding hydrogens is 306 g/mol. The summed E-state index contributed by atoms with van der Waals surface area (Å²) in [4.78, 5) is 41.0. The van der Waals surface area contributed by atoms with Crippen LogP contribution < -0.4 is 0 Å². The van der Waals surface area contributed by atoms with Gasteiger partial charge in [0.1, 0.15) is 0 Å². The Balaban J connectivity index is 1.75. The summed E-state index contributed by atoms with van der Waals surface area (Å²) in [5, 5.41) is 0.908. The van der Waals surface area contributed by atoms with Crippen molar-refractivity contribution in [3.05, 3.63) is 70.2 Å². The van der Waals surface area contributed by atoms with E-state index in [-0.39, 0.29) is 17.5 Å². The summed E-state index contributed by atoms with van der Waals surface area (Å²) in [6.07, 6.45) is -0.132. The van der Waals surface area contributed by atoms with Gasteiger partial charge in [0, 0.05) is 5.02 Å². The van der Waals surface area contributed by atoms with E-state index in [2.05, 4.69) is 0 Å². The second-order valence-electron chi connectivity index (χ2n) is 4.68. The molecule has 0 bridgehead atoms. The number of fused-ring (bicyclic) bond motifs is 1. The third-order valence-electron chi connectivity index (χ3n) is 3.24. The largest absolute Gasteiger partial charge is 0.337 e. The minimum absolute atomic E-state index is 0.132. The zero-order valence-corrected chi connectivity index (χ0v) is 12.0. The van der Waals surface area contributed by atoms with Gasteiger partial charge in [-0.25, -0.2) is 4.79 Å². The van der Waals surface area contributed by atoms with E-state index in [1.54, 1.807) is 36.4 Å². The average Bonchev–Trinajstić information content (AvgIpc) is 2.75. The quantitative estimate of drug-likeness (QED) is 0.817. The molecule has 0 aliphatic carbocycles. The summed E-state index contributed by atoms with van der Waals surface area (Å²) in [5.74, 6) is -2.02. The van der Waals surface area contributed by atoms with E-state index in [0.717, 1.165) is 0 Å². The fraction of sp³-hybridized carbons (Fsp3) is 0.0625. The van der Waals surface area contributed by atoms with E-state index in [1.165, 1.54) is 12.1 Å². The minimum atomic E-state index is -0.734.